The normalized spacial score (nSPS) is 14.8. The molecular weight excluding hydrogens is 399 g/mol. The zero-order valence-electron chi connectivity index (χ0n) is 15.8. The molecule has 1 fully saturated rings. The molecule has 0 bridgehead atoms. The molecule has 28 heavy (non-hydrogen) atoms. The summed E-state index contributed by atoms with van der Waals surface area (Å²) < 4.78 is 5.59. The van der Waals surface area contributed by atoms with Crippen LogP contribution in [0.1, 0.15) is 12.8 Å². The molecule has 2 heterocycles. The predicted molar refractivity (Wildman–Crippen MR) is 114 cm³/mol. The molecule has 6 nitrogen and oxygen atoms in total. The number of amides is 1. The van der Waals surface area contributed by atoms with Crippen molar-refractivity contribution in [2.24, 2.45) is 0 Å². The Labute approximate surface area is 175 Å². The Morgan fingerprint density at radius 2 is 1.96 bits per heavy atom. The van der Waals surface area contributed by atoms with Crippen molar-refractivity contribution in [3.63, 3.8) is 0 Å². The third-order valence-electron chi connectivity index (χ3n) is 4.56. The number of hydrogen-bond acceptors (Lipinski definition) is 5. The Balaban J connectivity index is 1.39. The molecule has 0 spiro atoms. The highest BCUT2D eigenvalue weighted by Crippen LogP contribution is 2.27. The molecule has 1 aromatic heterocycles. The second-order valence-electron chi connectivity index (χ2n) is 6.77. The summed E-state index contributed by atoms with van der Waals surface area (Å²) in [7, 11) is 2.12. The largest absolute Gasteiger partial charge is 0.492 e. The fraction of sp³-hybridized carbons (Fsp3) is 0.400. The SMILES string of the molecule is CN1CCN(c2ccc(NC(=O)CCCOc3ccc(Cl)cc3Cl)cn2)CC1. The van der Waals surface area contributed by atoms with Gasteiger partial charge in [-0.25, -0.2) is 4.98 Å². The van der Waals surface area contributed by atoms with E-state index in [1.807, 2.05) is 12.1 Å². The zero-order valence-corrected chi connectivity index (χ0v) is 17.3. The molecule has 0 radical (unpaired) electrons. The molecule has 0 saturated carbocycles. The molecule has 1 aromatic carbocycles. The van der Waals surface area contributed by atoms with Gasteiger partial charge in [-0.3, -0.25) is 4.79 Å². The number of benzene rings is 1. The fourth-order valence-electron chi connectivity index (χ4n) is 2.91. The van der Waals surface area contributed by atoms with E-state index in [-0.39, 0.29) is 5.91 Å². The lowest BCUT2D eigenvalue weighted by Crippen LogP contribution is -2.44. The maximum atomic E-state index is 12.1. The molecule has 8 heteroatoms. The van der Waals surface area contributed by atoms with E-state index in [1.54, 1.807) is 24.4 Å². The van der Waals surface area contributed by atoms with Crippen LogP contribution in [0.3, 0.4) is 0 Å². The van der Waals surface area contributed by atoms with Crippen molar-refractivity contribution in [1.82, 2.24) is 9.88 Å². The molecule has 3 rings (SSSR count). The molecule has 1 aliphatic rings. The van der Waals surface area contributed by atoms with E-state index >= 15 is 0 Å². The average molecular weight is 423 g/mol. The third kappa shape index (κ3) is 5.99. The zero-order chi connectivity index (χ0) is 19.9. The van der Waals surface area contributed by atoms with Crippen LogP contribution in [0.4, 0.5) is 11.5 Å². The maximum absolute atomic E-state index is 12.1. The molecular formula is C20H24Cl2N4O2. The number of nitrogens with one attached hydrogen (secondary N) is 1. The summed E-state index contributed by atoms with van der Waals surface area (Å²) in [4.78, 5) is 21.1. The second kappa shape index (κ2) is 9.96. The van der Waals surface area contributed by atoms with Gasteiger partial charge in [-0.05, 0) is 43.8 Å². The van der Waals surface area contributed by atoms with E-state index in [9.17, 15) is 4.79 Å². The number of hydrogen-bond donors (Lipinski definition) is 1. The number of nitrogens with zero attached hydrogens (tertiary/aromatic N) is 3. The molecule has 1 amide bonds. The Kier molecular flexibility index (Phi) is 7.36. The Morgan fingerprint density at radius 1 is 1.18 bits per heavy atom. The number of carbonyl (C=O) groups is 1. The topological polar surface area (TPSA) is 57.7 Å². The van der Waals surface area contributed by atoms with Crippen molar-refractivity contribution >= 4 is 40.6 Å². The van der Waals surface area contributed by atoms with Crippen LogP contribution in [0, 0.1) is 0 Å². The Morgan fingerprint density at radius 3 is 2.64 bits per heavy atom. The summed E-state index contributed by atoms with van der Waals surface area (Å²) in [5.41, 5.74) is 0.699. The first-order chi connectivity index (χ1) is 13.5. The molecule has 1 N–H and O–H groups in total. The van der Waals surface area contributed by atoms with E-state index in [0.29, 0.717) is 40.9 Å². The number of anilines is 2. The quantitative estimate of drug-likeness (QED) is 0.684. The Hall–Kier alpha value is -2.02. The lowest BCUT2D eigenvalue weighted by atomic mass is 10.3. The number of carbonyl (C=O) groups excluding carboxylic acids is 1. The molecule has 0 aliphatic carbocycles. The van der Waals surface area contributed by atoms with Gasteiger partial charge >= 0.3 is 0 Å². The maximum Gasteiger partial charge on any atom is 0.224 e. The van der Waals surface area contributed by atoms with Gasteiger partial charge in [0.05, 0.1) is 23.5 Å². The minimum Gasteiger partial charge on any atom is -0.492 e. The second-order valence-corrected chi connectivity index (χ2v) is 7.61. The van der Waals surface area contributed by atoms with Crippen molar-refractivity contribution in [2.75, 3.05) is 50.1 Å². The average Bonchev–Trinajstić information content (AvgIpc) is 2.68. The summed E-state index contributed by atoms with van der Waals surface area (Å²) in [5, 5.41) is 3.89. The molecule has 0 unspecified atom stereocenters. The number of pyridine rings is 1. The highest BCUT2D eigenvalue weighted by molar-refractivity contribution is 6.35. The minimum atomic E-state index is -0.0695. The molecule has 150 valence electrons. The van der Waals surface area contributed by atoms with E-state index < -0.39 is 0 Å². The number of likely N-dealkylation sites (N-methyl/N-ethyl adjacent to an activating group) is 1. The van der Waals surface area contributed by atoms with Crippen LogP contribution in [0.5, 0.6) is 5.75 Å². The summed E-state index contributed by atoms with van der Waals surface area (Å²) in [5.74, 6) is 1.44. The van der Waals surface area contributed by atoms with Gasteiger partial charge in [-0.15, -0.1) is 0 Å². The van der Waals surface area contributed by atoms with Gasteiger partial charge in [0.25, 0.3) is 0 Å². The number of ether oxygens (including phenoxy) is 1. The van der Waals surface area contributed by atoms with Gasteiger partial charge in [0.1, 0.15) is 11.6 Å². The molecule has 1 aliphatic heterocycles. The van der Waals surface area contributed by atoms with Gasteiger partial charge in [0.2, 0.25) is 5.91 Å². The molecule has 2 aromatic rings. The van der Waals surface area contributed by atoms with Crippen molar-refractivity contribution in [1.29, 1.82) is 0 Å². The first-order valence-corrected chi connectivity index (χ1v) is 10.0. The van der Waals surface area contributed by atoms with Crippen LogP contribution in [0.25, 0.3) is 0 Å². The highest BCUT2D eigenvalue weighted by Gasteiger charge is 2.15. The number of halogens is 2. The van der Waals surface area contributed by atoms with Gasteiger partial charge in [-0.1, -0.05) is 23.2 Å². The van der Waals surface area contributed by atoms with Crippen molar-refractivity contribution in [2.45, 2.75) is 12.8 Å². The first kappa shape index (κ1) is 20.7. The van der Waals surface area contributed by atoms with Gasteiger partial charge in [0.15, 0.2) is 0 Å². The summed E-state index contributed by atoms with van der Waals surface area (Å²) >= 11 is 11.9. The number of aromatic nitrogens is 1. The summed E-state index contributed by atoms with van der Waals surface area (Å²) in [6, 6.07) is 8.91. The smallest absolute Gasteiger partial charge is 0.224 e. The van der Waals surface area contributed by atoms with Crippen LogP contribution in [-0.4, -0.2) is 55.6 Å². The van der Waals surface area contributed by atoms with Gasteiger partial charge < -0.3 is 19.9 Å². The van der Waals surface area contributed by atoms with Crippen LogP contribution >= 0.6 is 23.2 Å². The van der Waals surface area contributed by atoms with Gasteiger partial charge in [-0.2, -0.15) is 0 Å². The summed E-state index contributed by atoms with van der Waals surface area (Å²) in [6.07, 6.45) is 2.64. The minimum absolute atomic E-state index is 0.0695. The lowest BCUT2D eigenvalue weighted by molar-refractivity contribution is -0.116. The van der Waals surface area contributed by atoms with Crippen LogP contribution in [0.15, 0.2) is 36.5 Å². The fourth-order valence-corrected chi connectivity index (χ4v) is 3.38. The number of rotatable bonds is 7. The van der Waals surface area contributed by atoms with Crippen molar-refractivity contribution in [3.8, 4) is 5.75 Å². The van der Waals surface area contributed by atoms with E-state index in [2.05, 4.69) is 27.1 Å². The van der Waals surface area contributed by atoms with Crippen LogP contribution in [0.2, 0.25) is 10.0 Å². The number of piperazine rings is 1. The monoisotopic (exact) mass is 422 g/mol. The summed E-state index contributed by atoms with van der Waals surface area (Å²) in [6.45, 7) is 4.39. The van der Waals surface area contributed by atoms with Crippen molar-refractivity contribution < 1.29 is 9.53 Å². The third-order valence-corrected chi connectivity index (χ3v) is 5.09. The Bertz CT molecular complexity index is 793. The highest BCUT2D eigenvalue weighted by atomic mass is 35.5. The lowest BCUT2D eigenvalue weighted by Gasteiger charge is -2.33. The van der Waals surface area contributed by atoms with E-state index in [1.165, 1.54) is 0 Å². The van der Waals surface area contributed by atoms with E-state index in [0.717, 1.165) is 32.0 Å². The molecule has 1 saturated heterocycles. The van der Waals surface area contributed by atoms with Crippen LogP contribution < -0.4 is 15.0 Å². The standard InChI is InChI=1S/C20H24Cl2N4O2/c1-25-8-10-26(11-9-25)19-7-5-16(14-23-19)24-20(27)3-2-12-28-18-6-4-15(21)13-17(18)22/h4-7,13-14H,2-3,8-12H2,1H3,(H,24,27). The van der Waals surface area contributed by atoms with E-state index in [4.69, 9.17) is 27.9 Å². The van der Waals surface area contributed by atoms with Crippen molar-refractivity contribution in [3.05, 3.63) is 46.6 Å². The van der Waals surface area contributed by atoms with Gasteiger partial charge in [0, 0.05) is 37.6 Å². The van der Waals surface area contributed by atoms with Crippen LogP contribution in [-0.2, 0) is 4.79 Å². The predicted octanol–water partition coefficient (Wildman–Crippen LogP) is 3.94. The first-order valence-electron chi connectivity index (χ1n) is 9.28. The molecule has 0 atom stereocenters.